The highest BCUT2D eigenvalue weighted by Crippen LogP contribution is 2.45. The number of halogens is 2. The fourth-order valence-corrected chi connectivity index (χ4v) is 4.40. The Kier molecular flexibility index (Phi) is 6.30. The monoisotopic (exact) mass is 380 g/mol. The Bertz CT molecular complexity index is 710. The molecule has 4 rings (SSSR count). The van der Waals surface area contributed by atoms with E-state index in [2.05, 4.69) is 71.2 Å². The highest BCUT2D eigenvalue weighted by molar-refractivity contribution is 5.85. The first-order valence-electron chi connectivity index (χ1n) is 8.44. The van der Waals surface area contributed by atoms with Gasteiger partial charge in [-0.2, -0.15) is 5.10 Å². The molecule has 0 bridgehead atoms. The number of rotatable bonds is 2. The first-order chi connectivity index (χ1) is 11.1. The molecule has 1 aromatic carbocycles. The van der Waals surface area contributed by atoms with E-state index in [1.807, 2.05) is 6.20 Å². The minimum absolute atomic E-state index is 0. The van der Waals surface area contributed by atoms with Crippen LogP contribution in [0, 0.1) is 25.7 Å². The van der Waals surface area contributed by atoms with E-state index in [0.717, 1.165) is 18.9 Å². The van der Waals surface area contributed by atoms with E-state index in [1.54, 1.807) is 0 Å². The van der Waals surface area contributed by atoms with Gasteiger partial charge in [0.15, 0.2) is 5.82 Å². The molecular weight excluding hydrogens is 355 g/mol. The van der Waals surface area contributed by atoms with Gasteiger partial charge in [0.05, 0.1) is 6.20 Å². The summed E-state index contributed by atoms with van der Waals surface area (Å²) in [6, 6.07) is 11.5. The summed E-state index contributed by atoms with van der Waals surface area (Å²) in [5.41, 5.74) is 3.93. The number of aromatic nitrogens is 2. The van der Waals surface area contributed by atoms with Crippen molar-refractivity contribution in [2.45, 2.75) is 19.9 Å². The van der Waals surface area contributed by atoms with Gasteiger partial charge in [-0.05, 0) is 43.5 Å². The molecule has 0 radical (unpaired) electrons. The van der Waals surface area contributed by atoms with Crippen LogP contribution in [0.2, 0.25) is 0 Å². The summed E-state index contributed by atoms with van der Waals surface area (Å²) in [4.78, 5) is 4.98. The van der Waals surface area contributed by atoms with Crippen molar-refractivity contribution in [3.63, 3.8) is 0 Å². The van der Waals surface area contributed by atoms with Crippen molar-refractivity contribution in [3.8, 4) is 0 Å². The van der Waals surface area contributed by atoms with Gasteiger partial charge < -0.3 is 4.90 Å². The number of likely N-dealkylation sites (tertiary alicyclic amines) is 1. The topological polar surface area (TPSA) is 32.3 Å². The standard InChI is InChI=1S/C19H24N4.2ClH/c1-13-9-20-21-19(14(13)2)23-11-16-10-22(3)18(17(16)12-23)15-7-5-4-6-8-15;;/h4-9,16-18H,10-12H2,1-3H3;2*1H/t16-,17+,18-;;/m0../s1. The predicted molar refractivity (Wildman–Crippen MR) is 107 cm³/mol. The SMILES string of the molecule is Cc1cnnc(N2C[C@@H]3CN(C)[C@@H](c4ccccc4)[C@@H]3C2)c1C.Cl.Cl. The van der Waals surface area contributed by atoms with Crippen LogP contribution in [0.3, 0.4) is 0 Å². The van der Waals surface area contributed by atoms with Gasteiger partial charge in [-0.1, -0.05) is 30.3 Å². The number of fused-ring (bicyclic) bond motifs is 1. The molecule has 136 valence electrons. The lowest BCUT2D eigenvalue weighted by Crippen LogP contribution is -2.30. The van der Waals surface area contributed by atoms with E-state index in [-0.39, 0.29) is 24.8 Å². The summed E-state index contributed by atoms with van der Waals surface area (Å²) >= 11 is 0. The zero-order chi connectivity index (χ0) is 16.0. The van der Waals surface area contributed by atoms with Crippen LogP contribution in [0.15, 0.2) is 36.5 Å². The second-order valence-corrected chi connectivity index (χ2v) is 7.10. The maximum atomic E-state index is 4.43. The van der Waals surface area contributed by atoms with Crippen LogP contribution in [0.4, 0.5) is 5.82 Å². The number of aryl methyl sites for hydroxylation is 1. The van der Waals surface area contributed by atoms with Crippen molar-refractivity contribution in [1.82, 2.24) is 15.1 Å². The van der Waals surface area contributed by atoms with Crippen LogP contribution in [0.1, 0.15) is 22.7 Å². The summed E-state index contributed by atoms with van der Waals surface area (Å²) in [5, 5.41) is 8.60. The maximum absolute atomic E-state index is 4.43. The highest BCUT2D eigenvalue weighted by atomic mass is 35.5. The largest absolute Gasteiger partial charge is 0.354 e. The molecular formula is C19H26Cl2N4. The van der Waals surface area contributed by atoms with E-state index in [0.29, 0.717) is 17.9 Å². The van der Waals surface area contributed by atoms with Crippen LogP contribution in [-0.4, -0.2) is 41.8 Å². The Hall–Kier alpha value is -1.36. The molecule has 0 N–H and O–H groups in total. The minimum Gasteiger partial charge on any atom is -0.354 e. The Morgan fingerprint density at radius 3 is 2.44 bits per heavy atom. The van der Waals surface area contributed by atoms with E-state index in [9.17, 15) is 0 Å². The molecule has 4 nitrogen and oxygen atoms in total. The van der Waals surface area contributed by atoms with Gasteiger partial charge in [0.2, 0.25) is 0 Å². The zero-order valence-electron chi connectivity index (χ0n) is 14.9. The van der Waals surface area contributed by atoms with Gasteiger partial charge in [-0.25, -0.2) is 0 Å². The first-order valence-corrected chi connectivity index (χ1v) is 8.44. The summed E-state index contributed by atoms with van der Waals surface area (Å²) in [7, 11) is 2.26. The first kappa shape index (κ1) is 20.0. The summed E-state index contributed by atoms with van der Waals surface area (Å²) in [6.07, 6.45) is 1.86. The van der Waals surface area contributed by atoms with Crippen molar-refractivity contribution in [2.75, 3.05) is 31.6 Å². The van der Waals surface area contributed by atoms with Gasteiger partial charge in [-0.3, -0.25) is 4.90 Å². The van der Waals surface area contributed by atoms with E-state index in [1.165, 1.54) is 23.2 Å². The fourth-order valence-electron chi connectivity index (χ4n) is 4.40. The number of hydrogen-bond donors (Lipinski definition) is 0. The van der Waals surface area contributed by atoms with Crippen molar-refractivity contribution in [1.29, 1.82) is 0 Å². The van der Waals surface area contributed by atoms with Crippen LogP contribution in [-0.2, 0) is 0 Å². The van der Waals surface area contributed by atoms with Gasteiger partial charge in [0, 0.05) is 31.6 Å². The molecule has 1 aromatic heterocycles. The zero-order valence-corrected chi connectivity index (χ0v) is 16.6. The number of benzene rings is 1. The minimum atomic E-state index is 0. The quantitative estimate of drug-likeness (QED) is 0.795. The molecule has 2 saturated heterocycles. The van der Waals surface area contributed by atoms with Gasteiger partial charge >= 0.3 is 0 Å². The van der Waals surface area contributed by atoms with Crippen molar-refractivity contribution in [2.24, 2.45) is 11.8 Å². The maximum Gasteiger partial charge on any atom is 0.154 e. The molecule has 6 heteroatoms. The molecule has 25 heavy (non-hydrogen) atoms. The van der Waals surface area contributed by atoms with Crippen LogP contribution in [0.25, 0.3) is 0 Å². The molecule has 2 aliphatic heterocycles. The molecule has 0 spiro atoms. The Morgan fingerprint density at radius 1 is 1.00 bits per heavy atom. The van der Waals surface area contributed by atoms with Crippen molar-refractivity contribution < 1.29 is 0 Å². The molecule has 3 atom stereocenters. The van der Waals surface area contributed by atoms with E-state index >= 15 is 0 Å². The molecule has 2 aliphatic rings. The second kappa shape index (κ2) is 7.90. The molecule has 0 aliphatic carbocycles. The molecule has 2 aromatic rings. The molecule has 0 unspecified atom stereocenters. The number of anilines is 1. The normalized spacial score (nSPS) is 25.2. The lowest BCUT2D eigenvalue weighted by Gasteiger charge is -2.27. The Labute approximate surface area is 162 Å². The third-order valence-electron chi connectivity index (χ3n) is 5.67. The van der Waals surface area contributed by atoms with Gasteiger partial charge in [0.25, 0.3) is 0 Å². The molecule has 3 heterocycles. The Morgan fingerprint density at radius 2 is 1.72 bits per heavy atom. The van der Waals surface area contributed by atoms with E-state index < -0.39 is 0 Å². The smallest absolute Gasteiger partial charge is 0.154 e. The lowest BCUT2D eigenvalue weighted by molar-refractivity contribution is 0.279. The van der Waals surface area contributed by atoms with Gasteiger partial charge in [-0.15, -0.1) is 29.9 Å². The molecule has 0 saturated carbocycles. The average Bonchev–Trinajstić information content (AvgIpc) is 3.07. The summed E-state index contributed by atoms with van der Waals surface area (Å²) in [5.74, 6) is 2.46. The molecule has 0 amide bonds. The molecule has 2 fully saturated rings. The average molecular weight is 381 g/mol. The van der Waals surface area contributed by atoms with Crippen LogP contribution in [0.5, 0.6) is 0 Å². The predicted octanol–water partition coefficient (Wildman–Crippen LogP) is 3.68. The third kappa shape index (κ3) is 3.48. The number of nitrogens with zero attached hydrogens (tertiary/aromatic N) is 4. The van der Waals surface area contributed by atoms with Crippen LogP contribution >= 0.6 is 24.8 Å². The van der Waals surface area contributed by atoms with Gasteiger partial charge in [0.1, 0.15) is 0 Å². The van der Waals surface area contributed by atoms with Crippen molar-refractivity contribution in [3.05, 3.63) is 53.2 Å². The summed E-state index contributed by atoms with van der Waals surface area (Å²) in [6.45, 7) is 7.61. The third-order valence-corrected chi connectivity index (χ3v) is 5.67. The van der Waals surface area contributed by atoms with Crippen molar-refractivity contribution >= 4 is 30.6 Å². The Balaban J connectivity index is 0.00000113. The number of hydrogen-bond acceptors (Lipinski definition) is 4. The fraction of sp³-hybridized carbons (Fsp3) is 0.474. The second-order valence-electron chi connectivity index (χ2n) is 7.10. The van der Waals surface area contributed by atoms with E-state index in [4.69, 9.17) is 0 Å². The highest BCUT2D eigenvalue weighted by Gasteiger charge is 2.46. The van der Waals surface area contributed by atoms with Crippen LogP contribution < -0.4 is 4.90 Å². The summed E-state index contributed by atoms with van der Waals surface area (Å²) < 4.78 is 0. The lowest BCUT2D eigenvalue weighted by atomic mass is 9.90.